The lowest BCUT2D eigenvalue weighted by Gasteiger charge is -2.09. The van der Waals surface area contributed by atoms with Crippen molar-refractivity contribution in [3.8, 4) is 0 Å². The highest BCUT2D eigenvalue weighted by Gasteiger charge is 2.31. The summed E-state index contributed by atoms with van der Waals surface area (Å²) in [5, 5.41) is 9.09. The lowest BCUT2D eigenvalue weighted by Crippen LogP contribution is -2.24. The molecule has 1 aliphatic heterocycles. The van der Waals surface area contributed by atoms with E-state index in [1.54, 1.807) is 11.4 Å². The zero-order valence-corrected chi connectivity index (χ0v) is 17.2. The molecule has 0 N–H and O–H groups in total. The molecule has 1 aliphatic rings. The van der Waals surface area contributed by atoms with Crippen LogP contribution in [0.15, 0.2) is 39.9 Å². The maximum Gasteiger partial charge on any atom is 0.280 e. The Balaban J connectivity index is 1.33. The predicted octanol–water partition coefficient (Wildman–Crippen LogP) is 2.84. The van der Waals surface area contributed by atoms with Crippen LogP contribution in [0.5, 0.6) is 0 Å². The van der Waals surface area contributed by atoms with Gasteiger partial charge in [0, 0.05) is 10.9 Å². The van der Waals surface area contributed by atoms with Crippen LogP contribution in [-0.2, 0) is 11.3 Å². The fourth-order valence-corrected chi connectivity index (χ4v) is 3.95. The molecule has 0 bridgehead atoms. The van der Waals surface area contributed by atoms with Crippen molar-refractivity contribution >= 4 is 17.1 Å². The third kappa shape index (κ3) is 3.29. The van der Waals surface area contributed by atoms with E-state index in [2.05, 4.69) is 20.2 Å². The summed E-state index contributed by atoms with van der Waals surface area (Å²) in [5.74, 6) is 1.63. The van der Waals surface area contributed by atoms with E-state index in [-0.39, 0.29) is 24.1 Å². The SMILES string of the molecule is Cc1nc(C)n2ncn(Cc3nc(C4COC(c5ccc(Cl)cc5)C4)no3)c(=O)c12. The van der Waals surface area contributed by atoms with Crippen LogP contribution < -0.4 is 5.56 Å². The molecule has 1 saturated heterocycles. The maximum absolute atomic E-state index is 12.8. The summed E-state index contributed by atoms with van der Waals surface area (Å²) in [5.41, 5.74) is 1.96. The third-order valence-corrected chi connectivity index (χ3v) is 5.61. The van der Waals surface area contributed by atoms with Crippen molar-refractivity contribution in [3.63, 3.8) is 0 Å². The number of rotatable bonds is 4. The molecular formula is C20H19ClN6O3. The van der Waals surface area contributed by atoms with E-state index >= 15 is 0 Å². The normalized spacial score (nSPS) is 19.0. The maximum atomic E-state index is 12.8. The summed E-state index contributed by atoms with van der Waals surface area (Å²) < 4.78 is 14.3. The fraction of sp³-hybridized carbons (Fsp3) is 0.350. The van der Waals surface area contributed by atoms with Crippen LogP contribution in [0.3, 0.4) is 0 Å². The van der Waals surface area contributed by atoms with Crippen molar-refractivity contribution in [2.24, 2.45) is 0 Å². The minimum atomic E-state index is -0.199. The highest BCUT2D eigenvalue weighted by molar-refractivity contribution is 6.30. The van der Waals surface area contributed by atoms with Crippen LogP contribution in [0, 0.1) is 13.8 Å². The molecule has 0 saturated carbocycles. The van der Waals surface area contributed by atoms with Crippen molar-refractivity contribution in [1.29, 1.82) is 0 Å². The zero-order chi connectivity index (χ0) is 20.8. The molecule has 4 heterocycles. The summed E-state index contributed by atoms with van der Waals surface area (Å²) in [6.45, 7) is 4.25. The Bertz CT molecular complexity index is 1280. The topological polar surface area (TPSA) is 100 Å². The Kier molecular flexibility index (Phi) is 4.63. The van der Waals surface area contributed by atoms with Crippen LogP contribution in [0.2, 0.25) is 5.02 Å². The molecule has 10 heteroatoms. The molecule has 30 heavy (non-hydrogen) atoms. The second kappa shape index (κ2) is 7.33. The van der Waals surface area contributed by atoms with Gasteiger partial charge in [0.2, 0.25) is 5.89 Å². The van der Waals surface area contributed by atoms with Gasteiger partial charge < -0.3 is 9.26 Å². The Morgan fingerprint density at radius 3 is 2.80 bits per heavy atom. The van der Waals surface area contributed by atoms with E-state index in [1.165, 1.54) is 10.9 Å². The minimum Gasteiger partial charge on any atom is -0.373 e. The molecule has 154 valence electrons. The number of hydrogen-bond acceptors (Lipinski definition) is 7. The molecule has 9 nitrogen and oxygen atoms in total. The molecule has 3 aromatic heterocycles. The Morgan fingerprint density at radius 1 is 1.20 bits per heavy atom. The van der Waals surface area contributed by atoms with Gasteiger partial charge in [-0.3, -0.25) is 9.36 Å². The van der Waals surface area contributed by atoms with Crippen molar-refractivity contribution in [2.75, 3.05) is 6.61 Å². The lowest BCUT2D eigenvalue weighted by atomic mass is 10.0. The van der Waals surface area contributed by atoms with Gasteiger partial charge in [-0.1, -0.05) is 28.9 Å². The van der Waals surface area contributed by atoms with E-state index in [0.29, 0.717) is 40.4 Å². The zero-order valence-electron chi connectivity index (χ0n) is 16.4. The third-order valence-electron chi connectivity index (χ3n) is 5.35. The summed E-state index contributed by atoms with van der Waals surface area (Å²) in [6.07, 6.45) is 2.18. The Morgan fingerprint density at radius 2 is 2.00 bits per heavy atom. The number of imidazole rings is 1. The van der Waals surface area contributed by atoms with E-state index in [0.717, 1.165) is 12.0 Å². The van der Waals surface area contributed by atoms with Gasteiger partial charge in [-0.15, -0.1) is 0 Å². The number of ether oxygens (including phenoxy) is 1. The van der Waals surface area contributed by atoms with Gasteiger partial charge >= 0.3 is 0 Å². The highest BCUT2D eigenvalue weighted by Crippen LogP contribution is 2.37. The second-order valence-electron chi connectivity index (χ2n) is 7.42. The number of hydrogen-bond donors (Lipinski definition) is 0. The average Bonchev–Trinajstić information content (AvgIpc) is 3.44. The second-order valence-corrected chi connectivity index (χ2v) is 7.86. The smallest absolute Gasteiger partial charge is 0.280 e. The number of fused-ring (bicyclic) bond motifs is 1. The van der Waals surface area contributed by atoms with Gasteiger partial charge in [0.1, 0.15) is 18.7 Å². The molecule has 2 atom stereocenters. The molecule has 0 aliphatic carbocycles. The van der Waals surface area contributed by atoms with Crippen molar-refractivity contribution in [3.05, 3.63) is 74.8 Å². The molecule has 0 amide bonds. The quantitative estimate of drug-likeness (QED) is 0.494. The monoisotopic (exact) mass is 426 g/mol. The molecule has 0 radical (unpaired) electrons. The summed E-state index contributed by atoms with van der Waals surface area (Å²) in [4.78, 5) is 21.6. The first-order chi connectivity index (χ1) is 14.5. The molecule has 2 unspecified atom stereocenters. The van der Waals surface area contributed by atoms with E-state index < -0.39 is 0 Å². The standard InChI is InChI=1S/C20H19ClN6O3/c1-11-18-20(28)26(10-22-27(18)12(2)23-11)8-17-24-19(25-30-17)14-7-16(29-9-14)13-3-5-15(21)6-4-13/h3-6,10,14,16H,7-9H2,1-2H3. The van der Waals surface area contributed by atoms with Crippen molar-refractivity contribution in [2.45, 2.75) is 38.8 Å². The summed E-state index contributed by atoms with van der Waals surface area (Å²) in [7, 11) is 0. The molecular weight excluding hydrogens is 408 g/mol. The number of nitrogens with zero attached hydrogens (tertiary/aromatic N) is 6. The minimum absolute atomic E-state index is 0.0280. The number of halogens is 1. The first-order valence-corrected chi connectivity index (χ1v) is 9.98. The Hall–Kier alpha value is -3.04. The number of aryl methyl sites for hydroxylation is 2. The molecule has 4 aromatic rings. The van der Waals surface area contributed by atoms with Crippen LogP contribution in [0.1, 0.15) is 47.2 Å². The summed E-state index contributed by atoms with van der Waals surface area (Å²) in [6, 6.07) is 7.64. The molecule has 1 aromatic carbocycles. The largest absolute Gasteiger partial charge is 0.373 e. The van der Waals surface area contributed by atoms with Crippen LogP contribution >= 0.6 is 11.6 Å². The van der Waals surface area contributed by atoms with Gasteiger partial charge in [-0.2, -0.15) is 10.1 Å². The van der Waals surface area contributed by atoms with Gasteiger partial charge in [0.25, 0.3) is 5.56 Å². The lowest BCUT2D eigenvalue weighted by molar-refractivity contribution is 0.110. The van der Waals surface area contributed by atoms with Crippen LogP contribution in [0.4, 0.5) is 0 Å². The predicted molar refractivity (Wildman–Crippen MR) is 108 cm³/mol. The highest BCUT2D eigenvalue weighted by atomic mass is 35.5. The summed E-state index contributed by atoms with van der Waals surface area (Å²) >= 11 is 5.96. The fourth-order valence-electron chi connectivity index (χ4n) is 3.82. The molecule has 1 fully saturated rings. The van der Waals surface area contributed by atoms with Gasteiger partial charge in [0.15, 0.2) is 11.3 Å². The van der Waals surface area contributed by atoms with E-state index in [9.17, 15) is 4.79 Å². The molecule has 0 spiro atoms. The van der Waals surface area contributed by atoms with E-state index in [4.69, 9.17) is 20.9 Å². The van der Waals surface area contributed by atoms with E-state index in [1.807, 2.05) is 31.2 Å². The van der Waals surface area contributed by atoms with Gasteiger partial charge in [-0.25, -0.2) is 9.50 Å². The number of benzene rings is 1. The van der Waals surface area contributed by atoms with Crippen LogP contribution in [-0.4, -0.2) is 35.9 Å². The van der Waals surface area contributed by atoms with Crippen molar-refractivity contribution in [1.82, 2.24) is 29.3 Å². The van der Waals surface area contributed by atoms with Gasteiger partial charge in [-0.05, 0) is 38.0 Å². The van der Waals surface area contributed by atoms with Crippen LogP contribution in [0.25, 0.3) is 5.52 Å². The Labute approximate surface area is 176 Å². The van der Waals surface area contributed by atoms with Gasteiger partial charge in [0.05, 0.1) is 18.4 Å². The first kappa shape index (κ1) is 19.0. The number of aromatic nitrogens is 6. The van der Waals surface area contributed by atoms with Crippen molar-refractivity contribution < 1.29 is 9.26 Å². The first-order valence-electron chi connectivity index (χ1n) is 9.60. The average molecular weight is 427 g/mol. The molecule has 5 rings (SSSR count).